The fourth-order valence-corrected chi connectivity index (χ4v) is 2.19. The number of nitrogens with zero attached hydrogens (tertiary/aromatic N) is 2. The molecule has 0 bridgehead atoms. The number of pyridine rings is 2. The largest absolute Gasteiger partial charge is 0.366 e. The molecule has 5 heteroatoms. The van der Waals surface area contributed by atoms with Gasteiger partial charge < -0.3 is 5.73 Å². The molecule has 20 heavy (non-hydrogen) atoms. The summed E-state index contributed by atoms with van der Waals surface area (Å²) in [5.74, 6) is -0.455. The number of carbonyl (C=O) groups excluding carboxylic acids is 1. The van der Waals surface area contributed by atoms with Gasteiger partial charge in [-0.05, 0) is 29.7 Å². The van der Waals surface area contributed by atoms with Crippen molar-refractivity contribution >= 4 is 28.3 Å². The SMILES string of the molecule is NC(=O)c1ccc2cncc(-c3ccc(Cl)nc3)c2c1. The minimum Gasteiger partial charge on any atom is -0.366 e. The van der Waals surface area contributed by atoms with E-state index in [9.17, 15) is 4.79 Å². The van der Waals surface area contributed by atoms with Gasteiger partial charge >= 0.3 is 0 Å². The third-order valence-corrected chi connectivity index (χ3v) is 3.31. The maximum Gasteiger partial charge on any atom is 0.248 e. The van der Waals surface area contributed by atoms with Gasteiger partial charge in [-0.2, -0.15) is 0 Å². The van der Waals surface area contributed by atoms with Crippen molar-refractivity contribution in [3.8, 4) is 11.1 Å². The lowest BCUT2D eigenvalue weighted by Crippen LogP contribution is -2.10. The molecule has 0 radical (unpaired) electrons. The molecule has 0 aliphatic carbocycles. The summed E-state index contributed by atoms with van der Waals surface area (Å²) in [5, 5.41) is 2.27. The lowest BCUT2D eigenvalue weighted by atomic mass is 10.0. The topological polar surface area (TPSA) is 68.9 Å². The van der Waals surface area contributed by atoms with Gasteiger partial charge in [-0.1, -0.05) is 17.7 Å². The van der Waals surface area contributed by atoms with Crippen LogP contribution in [0.25, 0.3) is 21.9 Å². The van der Waals surface area contributed by atoms with Crippen molar-refractivity contribution in [3.63, 3.8) is 0 Å². The van der Waals surface area contributed by atoms with Gasteiger partial charge in [0.15, 0.2) is 0 Å². The van der Waals surface area contributed by atoms with Crippen molar-refractivity contribution in [2.45, 2.75) is 0 Å². The molecule has 1 aromatic carbocycles. The van der Waals surface area contributed by atoms with Crippen LogP contribution >= 0.6 is 11.6 Å². The first-order chi connectivity index (χ1) is 9.65. The monoisotopic (exact) mass is 283 g/mol. The van der Waals surface area contributed by atoms with Gasteiger partial charge in [0.25, 0.3) is 0 Å². The molecular formula is C15H10ClN3O. The number of carbonyl (C=O) groups is 1. The number of nitrogens with two attached hydrogens (primary N) is 1. The number of halogens is 1. The van der Waals surface area contributed by atoms with E-state index in [0.29, 0.717) is 10.7 Å². The summed E-state index contributed by atoms with van der Waals surface area (Å²) >= 11 is 5.80. The average molecular weight is 284 g/mol. The number of rotatable bonds is 2. The zero-order valence-electron chi connectivity index (χ0n) is 10.4. The van der Waals surface area contributed by atoms with Crippen LogP contribution in [0.4, 0.5) is 0 Å². The Bertz CT molecular complexity index is 800. The van der Waals surface area contributed by atoms with Crippen LogP contribution in [0.3, 0.4) is 0 Å². The molecule has 3 aromatic rings. The average Bonchev–Trinajstić information content (AvgIpc) is 2.47. The number of primary amides is 1. The second-order valence-corrected chi connectivity index (χ2v) is 4.74. The van der Waals surface area contributed by atoms with Crippen LogP contribution in [-0.4, -0.2) is 15.9 Å². The third kappa shape index (κ3) is 2.21. The summed E-state index contributed by atoms with van der Waals surface area (Å²) in [6.07, 6.45) is 5.15. The third-order valence-electron chi connectivity index (χ3n) is 3.08. The Morgan fingerprint density at radius 3 is 2.65 bits per heavy atom. The van der Waals surface area contributed by atoms with Gasteiger partial charge in [0.05, 0.1) is 0 Å². The van der Waals surface area contributed by atoms with Gasteiger partial charge in [-0.25, -0.2) is 4.98 Å². The highest BCUT2D eigenvalue weighted by atomic mass is 35.5. The summed E-state index contributed by atoms with van der Waals surface area (Å²) in [4.78, 5) is 19.6. The number of amides is 1. The molecule has 2 aromatic heterocycles. The first-order valence-corrected chi connectivity index (χ1v) is 6.32. The molecule has 0 atom stereocenters. The lowest BCUT2D eigenvalue weighted by molar-refractivity contribution is 0.100. The zero-order chi connectivity index (χ0) is 14.1. The van der Waals surface area contributed by atoms with Crippen molar-refractivity contribution in [2.75, 3.05) is 0 Å². The molecule has 0 spiro atoms. The molecule has 0 aliphatic rings. The van der Waals surface area contributed by atoms with Crippen LogP contribution in [0.1, 0.15) is 10.4 Å². The Kier molecular flexibility index (Phi) is 3.08. The molecule has 0 unspecified atom stereocenters. The number of aromatic nitrogens is 2. The van der Waals surface area contributed by atoms with E-state index in [0.717, 1.165) is 21.9 Å². The Morgan fingerprint density at radius 1 is 1.10 bits per heavy atom. The first kappa shape index (κ1) is 12.6. The molecule has 0 aliphatic heterocycles. The van der Waals surface area contributed by atoms with Gasteiger partial charge in [0.1, 0.15) is 5.15 Å². The summed E-state index contributed by atoms with van der Waals surface area (Å²) in [6.45, 7) is 0. The van der Waals surface area contributed by atoms with Crippen LogP contribution in [-0.2, 0) is 0 Å². The van der Waals surface area contributed by atoms with Crippen molar-refractivity contribution in [1.82, 2.24) is 9.97 Å². The van der Waals surface area contributed by atoms with E-state index >= 15 is 0 Å². The predicted molar refractivity (Wildman–Crippen MR) is 78.5 cm³/mol. The maximum absolute atomic E-state index is 11.3. The minimum absolute atomic E-state index is 0.430. The molecule has 0 saturated carbocycles. The molecule has 98 valence electrons. The van der Waals surface area contributed by atoms with E-state index in [2.05, 4.69) is 9.97 Å². The van der Waals surface area contributed by atoms with E-state index in [1.54, 1.807) is 36.8 Å². The van der Waals surface area contributed by atoms with E-state index in [4.69, 9.17) is 17.3 Å². The molecule has 4 nitrogen and oxygen atoms in total. The van der Waals surface area contributed by atoms with E-state index in [1.807, 2.05) is 12.1 Å². The van der Waals surface area contributed by atoms with Gasteiger partial charge in [0, 0.05) is 40.7 Å². The summed E-state index contributed by atoms with van der Waals surface area (Å²) < 4.78 is 0. The van der Waals surface area contributed by atoms with Crippen LogP contribution < -0.4 is 5.73 Å². The molecule has 0 fully saturated rings. The van der Waals surface area contributed by atoms with Gasteiger partial charge in [-0.3, -0.25) is 9.78 Å². The molecule has 0 saturated heterocycles. The number of benzene rings is 1. The van der Waals surface area contributed by atoms with E-state index < -0.39 is 5.91 Å². The number of hydrogen-bond donors (Lipinski definition) is 1. The number of fused-ring (bicyclic) bond motifs is 1. The Labute approximate surface area is 120 Å². The van der Waals surface area contributed by atoms with Crippen molar-refractivity contribution in [2.24, 2.45) is 5.73 Å². The quantitative estimate of drug-likeness (QED) is 0.735. The number of hydrogen-bond acceptors (Lipinski definition) is 3. The van der Waals surface area contributed by atoms with E-state index in [-0.39, 0.29) is 0 Å². The summed E-state index contributed by atoms with van der Waals surface area (Å²) in [5.41, 5.74) is 7.56. The highest BCUT2D eigenvalue weighted by Gasteiger charge is 2.08. The maximum atomic E-state index is 11.3. The molecular weight excluding hydrogens is 274 g/mol. The highest BCUT2D eigenvalue weighted by Crippen LogP contribution is 2.28. The van der Waals surface area contributed by atoms with Gasteiger partial charge in [-0.15, -0.1) is 0 Å². The fourth-order valence-electron chi connectivity index (χ4n) is 2.08. The summed E-state index contributed by atoms with van der Waals surface area (Å²) in [6, 6.07) is 8.87. The van der Waals surface area contributed by atoms with Crippen LogP contribution in [0.2, 0.25) is 5.15 Å². The van der Waals surface area contributed by atoms with Crippen molar-refractivity contribution in [1.29, 1.82) is 0 Å². The van der Waals surface area contributed by atoms with Crippen LogP contribution in [0.5, 0.6) is 0 Å². The molecule has 3 rings (SSSR count). The van der Waals surface area contributed by atoms with Crippen LogP contribution in [0.15, 0.2) is 48.9 Å². The standard InChI is InChI=1S/C15H10ClN3O/c16-14-4-3-11(7-19-14)13-8-18-6-10-2-1-9(15(17)20)5-12(10)13/h1-8H,(H2,17,20). The Morgan fingerprint density at radius 2 is 1.95 bits per heavy atom. The fraction of sp³-hybridized carbons (Fsp3) is 0. The van der Waals surface area contributed by atoms with E-state index in [1.165, 1.54) is 0 Å². The second-order valence-electron chi connectivity index (χ2n) is 4.36. The molecule has 1 amide bonds. The first-order valence-electron chi connectivity index (χ1n) is 5.94. The Balaban J connectivity index is 2.26. The van der Waals surface area contributed by atoms with Crippen molar-refractivity contribution < 1.29 is 4.79 Å². The minimum atomic E-state index is -0.455. The van der Waals surface area contributed by atoms with Gasteiger partial charge in [0.2, 0.25) is 5.91 Å². The Hall–Kier alpha value is -2.46. The molecule has 2 N–H and O–H groups in total. The second kappa shape index (κ2) is 4.90. The van der Waals surface area contributed by atoms with Crippen molar-refractivity contribution in [3.05, 3.63) is 59.6 Å². The zero-order valence-corrected chi connectivity index (χ0v) is 11.1. The smallest absolute Gasteiger partial charge is 0.248 e. The van der Waals surface area contributed by atoms with Crippen LogP contribution in [0, 0.1) is 0 Å². The lowest BCUT2D eigenvalue weighted by Gasteiger charge is -2.07. The molecule has 2 heterocycles. The highest BCUT2D eigenvalue weighted by molar-refractivity contribution is 6.29. The summed E-state index contributed by atoms with van der Waals surface area (Å²) in [7, 11) is 0. The predicted octanol–water partition coefficient (Wildman–Crippen LogP) is 3.05. The normalized spacial score (nSPS) is 10.7.